The number of aliphatic hydroxyl groups is 2. The molecule has 0 rings (SSSR count). The quantitative estimate of drug-likeness (QED) is 0.0238. The van der Waals surface area contributed by atoms with Crippen molar-refractivity contribution in [1.82, 2.24) is 0 Å². The van der Waals surface area contributed by atoms with E-state index >= 15 is 0 Å². The van der Waals surface area contributed by atoms with Gasteiger partial charge in [-0.2, -0.15) is 0 Å². The smallest absolute Gasteiger partial charge is 0.462 e. The van der Waals surface area contributed by atoms with Crippen LogP contribution in [-0.4, -0.2) is 65.7 Å². The van der Waals surface area contributed by atoms with E-state index in [1.807, 2.05) is 0 Å². The third kappa shape index (κ3) is 40.9. The molecule has 0 bridgehead atoms. The number of carbonyl (C=O) groups is 2. The van der Waals surface area contributed by atoms with Crippen molar-refractivity contribution in [2.24, 2.45) is 0 Å². The number of hydrogen-bond donors (Lipinski definition) is 3. The molecular formula is C46H75O10P. The van der Waals surface area contributed by atoms with E-state index in [1.54, 1.807) is 0 Å². The number of unbranched alkanes of at least 4 members (excludes halogenated alkanes) is 8. The fraction of sp³-hybridized carbons (Fsp3) is 0.609. The molecule has 0 aliphatic rings. The second kappa shape index (κ2) is 41.1. The van der Waals surface area contributed by atoms with Gasteiger partial charge in [0.1, 0.15) is 12.7 Å². The van der Waals surface area contributed by atoms with Crippen molar-refractivity contribution in [3.05, 3.63) is 97.2 Å². The maximum absolute atomic E-state index is 12.6. The van der Waals surface area contributed by atoms with Crippen LogP contribution in [0.4, 0.5) is 0 Å². The lowest BCUT2D eigenvalue weighted by Gasteiger charge is -2.20. The summed E-state index contributed by atoms with van der Waals surface area (Å²) in [5.74, 6) is -0.992. The maximum atomic E-state index is 12.6. The summed E-state index contributed by atoms with van der Waals surface area (Å²) in [5.41, 5.74) is 0. The first-order valence-electron chi connectivity index (χ1n) is 21.2. The Bertz CT molecular complexity index is 1260. The van der Waals surface area contributed by atoms with Gasteiger partial charge in [0.15, 0.2) is 6.10 Å². The Morgan fingerprint density at radius 2 is 0.912 bits per heavy atom. The van der Waals surface area contributed by atoms with Crippen LogP contribution in [0.25, 0.3) is 0 Å². The molecule has 0 fully saturated rings. The Morgan fingerprint density at radius 1 is 0.526 bits per heavy atom. The Balaban J connectivity index is 4.42. The first-order valence-corrected chi connectivity index (χ1v) is 22.7. The lowest BCUT2D eigenvalue weighted by Crippen LogP contribution is -2.29. The first kappa shape index (κ1) is 53.9. The van der Waals surface area contributed by atoms with E-state index in [0.29, 0.717) is 12.8 Å². The fourth-order valence-electron chi connectivity index (χ4n) is 5.03. The van der Waals surface area contributed by atoms with E-state index in [4.69, 9.17) is 19.1 Å². The van der Waals surface area contributed by atoms with E-state index in [9.17, 15) is 24.2 Å². The van der Waals surface area contributed by atoms with E-state index in [-0.39, 0.29) is 19.4 Å². The van der Waals surface area contributed by atoms with Gasteiger partial charge in [0.2, 0.25) is 0 Å². The van der Waals surface area contributed by atoms with Gasteiger partial charge in [-0.1, -0.05) is 137 Å². The minimum Gasteiger partial charge on any atom is -0.462 e. The molecule has 3 unspecified atom stereocenters. The molecule has 0 saturated heterocycles. The van der Waals surface area contributed by atoms with Gasteiger partial charge >= 0.3 is 19.8 Å². The molecule has 0 amide bonds. The largest absolute Gasteiger partial charge is 0.472 e. The molecule has 0 aromatic carbocycles. The van der Waals surface area contributed by atoms with Crippen LogP contribution in [0.3, 0.4) is 0 Å². The van der Waals surface area contributed by atoms with E-state index in [0.717, 1.165) is 103 Å². The molecular weight excluding hydrogens is 743 g/mol. The SMILES string of the molecule is CCC=CCC=CCC=CCC=CCCCCCCC(=O)OCC(COP(=O)(O)OCC(O)CO)OC(=O)CCCCCCC=CCC=CCC=CCC=CCC. The standard InChI is InChI=1S/C46H75O10P/c1-3-5-7-9-11-13-15-17-19-21-23-25-27-29-31-33-35-37-45(49)53-41-44(42-55-57(51,52)54-40-43(48)39-47)56-46(50)38-36-34-32-30-28-26-24-22-20-18-16-14-12-10-8-6-4-2/h5-8,11-14,17-20,23-26,43-44,47-48H,3-4,9-10,15-16,21-22,27-42H2,1-2H3,(H,51,52). The number of aliphatic hydroxyl groups excluding tert-OH is 2. The third-order valence-corrected chi connectivity index (χ3v) is 9.18. The summed E-state index contributed by atoms with van der Waals surface area (Å²) >= 11 is 0. The van der Waals surface area contributed by atoms with Crippen molar-refractivity contribution in [3.8, 4) is 0 Å². The molecule has 0 radical (unpaired) electrons. The predicted octanol–water partition coefficient (Wildman–Crippen LogP) is 11.2. The highest BCUT2D eigenvalue weighted by Crippen LogP contribution is 2.43. The molecule has 0 heterocycles. The molecule has 3 atom stereocenters. The highest BCUT2D eigenvalue weighted by Gasteiger charge is 2.27. The van der Waals surface area contributed by atoms with Crippen LogP contribution in [-0.2, 0) is 32.7 Å². The Labute approximate surface area is 344 Å². The van der Waals surface area contributed by atoms with Crippen LogP contribution in [0, 0.1) is 0 Å². The Kier molecular flexibility index (Phi) is 38.8. The van der Waals surface area contributed by atoms with Crippen molar-refractivity contribution in [2.75, 3.05) is 26.4 Å². The summed E-state index contributed by atoms with van der Waals surface area (Å²) in [6.07, 6.45) is 49.4. The van der Waals surface area contributed by atoms with Crippen LogP contribution in [0.5, 0.6) is 0 Å². The fourth-order valence-corrected chi connectivity index (χ4v) is 5.82. The average molecular weight is 819 g/mol. The van der Waals surface area contributed by atoms with E-state index in [2.05, 4.69) is 116 Å². The normalized spacial score (nSPS) is 14.8. The first-order chi connectivity index (χ1) is 27.7. The predicted molar refractivity (Wildman–Crippen MR) is 232 cm³/mol. The number of allylic oxidation sites excluding steroid dienone is 16. The Hall–Kier alpha value is -3.11. The molecule has 0 aliphatic carbocycles. The summed E-state index contributed by atoms with van der Waals surface area (Å²) in [6, 6.07) is 0. The van der Waals surface area contributed by atoms with Crippen LogP contribution in [0.1, 0.15) is 142 Å². The van der Waals surface area contributed by atoms with Crippen molar-refractivity contribution in [2.45, 2.75) is 154 Å². The van der Waals surface area contributed by atoms with Crippen molar-refractivity contribution >= 4 is 19.8 Å². The summed E-state index contributed by atoms with van der Waals surface area (Å²) in [5, 5.41) is 18.3. The Morgan fingerprint density at radius 3 is 1.35 bits per heavy atom. The lowest BCUT2D eigenvalue weighted by molar-refractivity contribution is -0.161. The van der Waals surface area contributed by atoms with Gasteiger partial charge < -0.3 is 24.6 Å². The van der Waals surface area contributed by atoms with Crippen LogP contribution < -0.4 is 0 Å². The molecule has 0 aliphatic heterocycles. The van der Waals surface area contributed by atoms with Crippen molar-refractivity contribution in [1.29, 1.82) is 0 Å². The van der Waals surface area contributed by atoms with E-state index in [1.165, 1.54) is 0 Å². The second-order valence-corrected chi connectivity index (χ2v) is 15.1. The zero-order valence-corrected chi connectivity index (χ0v) is 35.9. The number of esters is 2. The highest BCUT2D eigenvalue weighted by molar-refractivity contribution is 7.47. The summed E-state index contributed by atoms with van der Waals surface area (Å²) < 4.78 is 32.7. The lowest BCUT2D eigenvalue weighted by atomic mass is 10.1. The number of hydrogen-bond acceptors (Lipinski definition) is 9. The second-order valence-electron chi connectivity index (χ2n) is 13.6. The number of ether oxygens (including phenoxy) is 2. The van der Waals surface area contributed by atoms with Crippen molar-refractivity contribution < 1.29 is 47.8 Å². The third-order valence-electron chi connectivity index (χ3n) is 8.23. The van der Waals surface area contributed by atoms with Crippen LogP contribution >= 0.6 is 7.82 Å². The van der Waals surface area contributed by atoms with Gasteiger partial charge in [-0.25, -0.2) is 4.57 Å². The molecule has 0 saturated carbocycles. The number of phosphoric ester groups is 1. The zero-order chi connectivity index (χ0) is 41.9. The summed E-state index contributed by atoms with van der Waals surface area (Å²) in [6.45, 7) is 2.07. The van der Waals surface area contributed by atoms with Crippen molar-refractivity contribution in [3.63, 3.8) is 0 Å². The van der Waals surface area contributed by atoms with Gasteiger partial charge in [0.25, 0.3) is 0 Å². The van der Waals surface area contributed by atoms with Gasteiger partial charge in [-0.05, 0) is 89.9 Å². The molecule has 0 aromatic heterocycles. The van der Waals surface area contributed by atoms with Gasteiger partial charge in [0, 0.05) is 12.8 Å². The maximum Gasteiger partial charge on any atom is 0.472 e. The topological polar surface area (TPSA) is 149 Å². The molecule has 0 aromatic rings. The zero-order valence-electron chi connectivity index (χ0n) is 35.0. The number of carbonyl (C=O) groups excluding carboxylic acids is 2. The van der Waals surface area contributed by atoms with Crippen LogP contribution in [0.15, 0.2) is 97.2 Å². The molecule has 10 nitrogen and oxygen atoms in total. The van der Waals surface area contributed by atoms with Crippen LogP contribution in [0.2, 0.25) is 0 Å². The molecule has 0 spiro atoms. The number of rotatable bonds is 38. The molecule has 57 heavy (non-hydrogen) atoms. The van der Waals surface area contributed by atoms with Gasteiger partial charge in [-0.3, -0.25) is 18.6 Å². The van der Waals surface area contributed by atoms with Gasteiger partial charge in [-0.15, -0.1) is 0 Å². The monoisotopic (exact) mass is 819 g/mol. The minimum absolute atomic E-state index is 0.144. The average Bonchev–Trinajstić information content (AvgIpc) is 3.20. The summed E-state index contributed by atoms with van der Waals surface area (Å²) in [4.78, 5) is 35.0. The number of phosphoric acid groups is 1. The van der Waals surface area contributed by atoms with Gasteiger partial charge in [0.05, 0.1) is 19.8 Å². The van der Waals surface area contributed by atoms with E-state index < -0.39 is 51.8 Å². The minimum atomic E-state index is -4.64. The highest BCUT2D eigenvalue weighted by atomic mass is 31.2. The molecule has 3 N–H and O–H groups in total. The molecule has 11 heteroatoms. The molecule has 324 valence electrons. The summed E-state index contributed by atoms with van der Waals surface area (Å²) in [7, 11) is -4.64.